The first-order chi connectivity index (χ1) is 8.70. The van der Waals surface area contributed by atoms with Crippen LogP contribution in [0.2, 0.25) is 0 Å². The second-order valence-corrected chi connectivity index (χ2v) is 3.90. The number of carbonyl (C=O) groups excluding carboxylic acids is 1. The zero-order valence-electron chi connectivity index (χ0n) is 10.4. The van der Waals surface area contributed by atoms with Gasteiger partial charge in [-0.25, -0.2) is 5.48 Å². The summed E-state index contributed by atoms with van der Waals surface area (Å²) in [5.74, 6) is 0.607. The van der Waals surface area contributed by atoms with Crippen molar-refractivity contribution in [3.05, 3.63) is 30.0 Å². The third-order valence-electron chi connectivity index (χ3n) is 2.49. The molecule has 0 saturated heterocycles. The molecule has 0 aliphatic rings. The van der Waals surface area contributed by atoms with Gasteiger partial charge >= 0.3 is 0 Å². The fourth-order valence-corrected chi connectivity index (χ4v) is 1.75. The molecule has 0 saturated carbocycles. The standard InChI is InChI=1S/C13H16N2O3/c1-3-17-11-4-5-13-12(6-11)10(7-14-13)8-18-15-9(2)16/h4-7,14H,3,8H2,1-2H3,(H,15,16). The third-order valence-corrected chi connectivity index (χ3v) is 2.49. The quantitative estimate of drug-likeness (QED) is 0.797. The van der Waals surface area contributed by atoms with Crippen LogP contribution in [0.4, 0.5) is 0 Å². The number of carbonyl (C=O) groups is 1. The van der Waals surface area contributed by atoms with Gasteiger partial charge in [0.05, 0.1) is 6.61 Å². The van der Waals surface area contributed by atoms with E-state index in [4.69, 9.17) is 9.57 Å². The van der Waals surface area contributed by atoms with Gasteiger partial charge in [0.1, 0.15) is 12.4 Å². The SMILES string of the molecule is CCOc1ccc2[nH]cc(CONC(C)=O)c2c1. The first-order valence-electron chi connectivity index (χ1n) is 5.82. The van der Waals surface area contributed by atoms with E-state index in [2.05, 4.69) is 10.5 Å². The minimum atomic E-state index is -0.218. The highest BCUT2D eigenvalue weighted by molar-refractivity contribution is 5.84. The first kappa shape index (κ1) is 12.4. The van der Waals surface area contributed by atoms with Gasteiger partial charge in [-0.3, -0.25) is 9.63 Å². The van der Waals surface area contributed by atoms with Crippen molar-refractivity contribution in [2.45, 2.75) is 20.5 Å². The number of aromatic nitrogens is 1. The fraction of sp³-hybridized carbons (Fsp3) is 0.308. The summed E-state index contributed by atoms with van der Waals surface area (Å²) in [6.45, 7) is 4.30. The molecule has 0 spiro atoms. The largest absolute Gasteiger partial charge is 0.494 e. The molecule has 0 atom stereocenters. The Bertz CT molecular complexity index is 548. The Morgan fingerprint density at radius 1 is 1.44 bits per heavy atom. The molecule has 2 N–H and O–H groups in total. The van der Waals surface area contributed by atoms with Crippen LogP contribution in [-0.4, -0.2) is 17.5 Å². The Hall–Kier alpha value is -2.01. The number of H-pyrrole nitrogens is 1. The number of ether oxygens (including phenoxy) is 1. The molecule has 0 bridgehead atoms. The van der Waals surface area contributed by atoms with Crippen LogP contribution in [0.3, 0.4) is 0 Å². The summed E-state index contributed by atoms with van der Waals surface area (Å²) in [6, 6.07) is 5.84. The van der Waals surface area contributed by atoms with E-state index >= 15 is 0 Å². The van der Waals surface area contributed by atoms with Crippen molar-refractivity contribution in [2.24, 2.45) is 0 Å². The molecule has 5 nitrogen and oxygen atoms in total. The van der Waals surface area contributed by atoms with Crippen molar-refractivity contribution in [2.75, 3.05) is 6.61 Å². The summed E-state index contributed by atoms with van der Waals surface area (Å²) in [4.78, 5) is 18.9. The predicted molar refractivity (Wildman–Crippen MR) is 68.1 cm³/mol. The van der Waals surface area contributed by atoms with Crippen molar-refractivity contribution in [1.82, 2.24) is 10.5 Å². The molecule has 1 amide bonds. The first-order valence-corrected chi connectivity index (χ1v) is 5.82. The molecular weight excluding hydrogens is 232 g/mol. The van der Waals surface area contributed by atoms with E-state index in [1.165, 1.54) is 6.92 Å². The van der Waals surface area contributed by atoms with Crippen molar-refractivity contribution in [1.29, 1.82) is 0 Å². The highest BCUT2D eigenvalue weighted by atomic mass is 16.6. The zero-order chi connectivity index (χ0) is 13.0. The number of rotatable bonds is 5. The molecule has 1 aromatic heterocycles. The number of benzene rings is 1. The molecule has 18 heavy (non-hydrogen) atoms. The summed E-state index contributed by atoms with van der Waals surface area (Å²) in [5, 5.41) is 1.03. The van der Waals surface area contributed by atoms with Gasteiger partial charge in [0, 0.05) is 29.6 Å². The summed E-state index contributed by atoms with van der Waals surface area (Å²) in [5.41, 5.74) is 4.29. The second-order valence-electron chi connectivity index (χ2n) is 3.90. The average Bonchev–Trinajstić information content (AvgIpc) is 2.72. The number of aromatic amines is 1. The van der Waals surface area contributed by atoms with Crippen LogP contribution in [0.15, 0.2) is 24.4 Å². The minimum Gasteiger partial charge on any atom is -0.494 e. The Morgan fingerprint density at radius 2 is 2.28 bits per heavy atom. The van der Waals surface area contributed by atoms with Gasteiger partial charge in [0.2, 0.25) is 5.91 Å². The molecule has 0 aliphatic heterocycles. The molecule has 2 aromatic rings. The fourth-order valence-electron chi connectivity index (χ4n) is 1.75. The molecule has 1 aromatic carbocycles. The Balaban J connectivity index is 2.16. The maximum absolute atomic E-state index is 10.7. The van der Waals surface area contributed by atoms with Crippen molar-refractivity contribution in [3.63, 3.8) is 0 Å². The molecule has 0 fully saturated rings. The molecule has 0 unspecified atom stereocenters. The Morgan fingerprint density at radius 3 is 3.00 bits per heavy atom. The van der Waals surface area contributed by atoms with Crippen LogP contribution in [0, 0.1) is 0 Å². The highest BCUT2D eigenvalue weighted by Crippen LogP contribution is 2.24. The van der Waals surface area contributed by atoms with Crippen LogP contribution < -0.4 is 10.2 Å². The smallest absolute Gasteiger partial charge is 0.240 e. The highest BCUT2D eigenvalue weighted by Gasteiger charge is 2.05. The minimum absolute atomic E-state index is 0.218. The van der Waals surface area contributed by atoms with Gasteiger partial charge < -0.3 is 9.72 Å². The molecule has 5 heteroatoms. The molecule has 1 heterocycles. The van der Waals surface area contributed by atoms with Crippen LogP contribution >= 0.6 is 0 Å². The van der Waals surface area contributed by atoms with Crippen molar-refractivity contribution < 1.29 is 14.4 Å². The van der Waals surface area contributed by atoms with E-state index in [1.54, 1.807) is 0 Å². The number of hydroxylamine groups is 1. The summed E-state index contributed by atoms with van der Waals surface area (Å²) >= 11 is 0. The summed E-state index contributed by atoms with van der Waals surface area (Å²) in [6.07, 6.45) is 1.86. The number of fused-ring (bicyclic) bond motifs is 1. The third kappa shape index (κ3) is 2.81. The number of hydrogen-bond acceptors (Lipinski definition) is 3. The zero-order valence-corrected chi connectivity index (χ0v) is 10.4. The molecule has 0 radical (unpaired) electrons. The lowest BCUT2D eigenvalue weighted by Gasteiger charge is -2.04. The molecule has 0 aliphatic carbocycles. The van der Waals surface area contributed by atoms with Crippen LogP contribution in [0.5, 0.6) is 5.75 Å². The maximum Gasteiger partial charge on any atom is 0.240 e. The lowest BCUT2D eigenvalue weighted by atomic mass is 10.2. The topological polar surface area (TPSA) is 63.4 Å². The number of hydrogen-bond donors (Lipinski definition) is 2. The van der Waals surface area contributed by atoms with Gasteiger partial charge in [-0.15, -0.1) is 0 Å². The van der Waals surface area contributed by atoms with Gasteiger partial charge in [-0.2, -0.15) is 0 Å². The second kappa shape index (κ2) is 5.55. The lowest BCUT2D eigenvalue weighted by Crippen LogP contribution is -2.19. The average molecular weight is 248 g/mol. The van der Waals surface area contributed by atoms with Gasteiger partial charge in [-0.05, 0) is 25.1 Å². The van der Waals surface area contributed by atoms with Gasteiger partial charge in [-0.1, -0.05) is 0 Å². The van der Waals surface area contributed by atoms with E-state index in [1.807, 2.05) is 31.3 Å². The van der Waals surface area contributed by atoms with Gasteiger partial charge in [0.15, 0.2) is 0 Å². The maximum atomic E-state index is 10.7. The van der Waals surface area contributed by atoms with Crippen molar-refractivity contribution in [3.8, 4) is 5.75 Å². The monoisotopic (exact) mass is 248 g/mol. The van der Waals surface area contributed by atoms with E-state index in [0.717, 1.165) is 22.2 Å². The summed E-state index contributed by atoms with van der Waals surface area (Å²) < 4.78 is 5.46. The number of nitrogens with one attached hydrogen (secondary N) is 2. The predicted octanol–water partition coefficient (Wildman–Crippen LogP) is 2.13. The molecule has 96 valence electrons. The Kier molecular flexibility index (Phi) is 3.84. The van der Waals surface area contributed by atoms with E-state index in [0.29, 0.717) is 13.2 Å². The molecular formula is C13H16N2O3. The van der Waals surface area contributed by atoms with E-state index in [-0.39, 0.29) is 5.91 Å². The van der Waals surface area contributed by atoms with E-state index in [9.17, 15) is 4.79 Å². The van der Waals surface area contributed by atoms with Crippen molar-refractivity contribution >= 4 is 16.8 Å². The van der Waals surface area contributed by atoms with E-state index < -0.39 is 0 Å². The summed E-state index contributed by atoms with van der Waals surface area (Å²) in [7, 11) is 0. The normalized spacial score (nSPS) is 10.6. The number of amides is 1. The van der Waals surface area contributed by atoms with Crippen LogP contribution in [-0.2, 0) is 16.2 Å². The van der Waals surface area contributed by atoms with Gasteiger partial charge in [0.25, 0.3) is 0 Å². The molecule has 2 rings (SSSR count). The van der Waals surface area contributed by atoms with Crippen LogP contribution in [0.25, 0.3) is 10.9 Å². The Labute approximate surface area is 105 Å². The van der Waals surface area contributed by atoms with Crippen LogP contribution in [0.1, 0.15) is 19.4 Å². The lowest BCUT2D eigenvalue weighted by molar-refractivity contribution is -0.132.